The van der Waals surface area contributed by atoms with Crippen molar-refractivity contribution in [2.24, 2.45) is 0 Å². The number of carbonyl (C=O) groups is 1. The molecule has 0 fully saturated rings. The van der Waals surface area contributed by atoms with Gasteiger partial charge in [-0.3, -0.25) is 9.89 Å². The second kappa shape index (κ2) is 6.13. The highest BCUT2D eigenvalue weighted by Gasteiger charge is 2.29. The van der Waals surface area contributed by atoms with Crippen LogP contribution in [0.3, 0.4) is 0 Å². The molecule has 0 spiro atoms. The van der Waals surface area contributed by atoms with E-state index >= 15 is 0 Å². The molecule has 10 heteroatoms. The number of hydrogen-bond acceptors (Lipinski definition) is 7. The minimum Gasteiger partial charge on any atom is -0.383 e. The van der Waals surface area contributed by atoms with Gasteiger partial charge in [0.05, 0.1) is 17.5 Å². The van der Waals surface area contributed by atoms with E-state index in [0.717, 1.165) is 5.69 Å². The fourth-order valence-electron chi connectivity index (χ4n) is 2.63. The SMILES string of the molecule is COCC(C)(C)n1nc(C(=O)Nc2cc(C)[nH]n2)c2c(N)ncnc21. The molecule has 0 unspecified atom stereocenters. The molecule has 0 bridgehead atoms. The van der Waals surface area contributed by atoms with E-state index in [0.29, 0.717) is 23.5 Å². The van der Waals surface area contributed by atoms with E-state index in [1.54, 1.807) is 17.9 Å². The summed E-state index contributed by atoms with van der Waals surface area (Å²) in [5.74, 6) is 0.148. The van der Waals surface area contributed by atoms with Gasteiger partial charge in [0.2, 0.25) is 0 Å². The number of aromatic amines is 1. The Balaban J connectivity index is 2.10. The molecule has 132 valence electrons. The van der Waals surface area contributed by atoms with E-state index in [9.17, 15) is 4.79 Å². The summed E-state index contributed by atoms with van der Waals surface area (Å²) in [5.41, 5.74) is 6.89. The van der Waals surface area contributed by atoms with Crippen molar-refractivity contribution in [2.45, 2.75) is 26.3 Å². The van der Waals surface area contributed by atoms with E-state index < -0.39 is 11.4 Å². The average molecular weight is 344 g/mol. The zero-order chi connectivity index (χ0) is 18.2. The third-order valence-corrected chi connectivity index (χ3v) is 3.73. The van der Waals surface area contributed by atoms with Crippen LogP contribution in [-0.4, -0.2) is 49.6 Å². The summed E-state index contributed by atoms with van der Waals surface area (Å²) in [5, 5.41) is 14.3. The number of amides is 1. The van der Waals surface area contributed by atoms with Crippen LogP contribution < -0.4 is 11.1 Å². The van der Waals surface area contributed by atoms with Gasteiger partial charge in [-0.15, -0.1) is 0 Å². The molecule has 3 heterocycles. The van der Waals surface area contributed by atoms with Crippen molar-refractivity contribution < 1.29 is 9.53 Å². The van der Waals surface area contributed by atoms with Crippen molar-refractivity contribution in [3.05, 3.63) is 23.8 Å². The molecule has 3 aromatic heterocycles. The predicted octanol–water partition coefficient (Wildman–Crippen LogP) is 1.07. The molecule has 1 amide bonds. The quantitative estimate of drug-likeness (QED) is 0.629. The molecule has 0 aromatic carbocycles. The van der Waals surface area contributed by atoms with E-state index in [1.165, 1.54) is 6.33 Å². The van der Waals surface area contributed by atoms with Crippen LogP contribution in [0.25, 0.3) is 11.0 Å². The van der Waals surface area contributed by atoms with Crippen molar-refractivity contribution in [3.63, 3.8) is 0 Å². The molecule has 0 saturated heterocycles. The summed E-state index contributed by atoms with van der Waals surface area (Å²) in [4.78, 5) is 20.9. The van der Waals surface area contributed by atoms with Crippen molar-refractivity contribution in [3.8, 4) is 0 Å². The number of nitrogen functional groups attached to an aromatic ring is 1. The van der Waals surface area contributed by atoms with Gasteiger partial charge < -0.3 is 15.8 Å². The Morgan fingerprint density at radius 1 is 1.44 bits per heavy atom. The van der Waals surface area contributed by atoms with Gasteiger partial charge in [0.25, 0.3) is 5.91 Å². The smallest absolute Gasteiger partial charge is 0.278 e. The highest BCUT2D eigenvalue weighted by Crippen LogP contribution is 2.27. The van der Waals surface area contributed by atoms with Crippen LogP contribution in [0.2, 0.25) is 0 Å². The lowest BCUT2D eigenvalue weighted by molar-refractivity contribution is 0.0986. The fourth-order valence-corrected chi connectivity index (χ4v) is 2.63. The average Bonchev–Trinajstić information content (AvgIpc) is 3.12. The van der Waals surface area contributed by atoms with Gasteiger partial charge in [-0.05, 0) is 20.8 Å². The number of nitrogens with two attached hydrogens (primary N) is 1. The Kier molecular flexibility index (Phi) is 4.13. The van der Waals surface area contributed by atoms with Crippen molar-refractivity contribution in [1.29, 1.82) is 0 Å². The number of nitrogens with one attached hydrogen (secondary N) is 2. The maximum atomic E-state index is 12.7. The van der Waals surface area contributed by atoms with Gasteiger partial charge in [0, 0.05) is 18.9 Å². The van der Waals surface area contributed by atoms with Crippen LogP contribution in [0.5, 0.6) is 0 Å². The standard InChI is InChI=1S/C15H20N8O2/c1-8-5-9(21-20-8)19-14(24)11-10-12(16)17-7-18-13(10)23(22-11)15(2,3)6-25-4/h5,7H,6H2,1-4H3,(H2,16,17,18)(H2,19,20,21,24). The molecule has 0 aliphatic heterocycles. The lowest BCUT2D eigenvalue weighted by Crippen LogP contribution is -2.33. The summed E-state index contributed by atoms with van der Waals surface area (Å²) in [6.45, 7) is 6.08. The van der Waals surface area contributed by atoms with Crippen molar-refractivity contribution in [2.75, 3.05) is 24.8 Å². The Morgan fingerprint density at radius 2 is 2.20 bits per heavy atom. The Hall–Kier alpha value is -3.01. The molecule has 0 saturated carbocycles. The third kappa shape index (κ3) is 3.03. The van der Waals surface area contributed by atoms with Crippen LogP contribution in [0.4, 0.5) is 11.6 Å². The number of aryl methyl sites for hydroxylation is 1. The maximum Gasteiger partial charge on any atom is 0.278 e. The van der Waals surface area contributed by atoms with E-state index in [-0.39, 0.29) is 11.5 Å². The van der Waals surface area contributed by atoms with Gasteiger partial charge in [0.1, 0.15) is 12.1 Å². The summed E-state index contributed by atoms with van der Waals surface area (Å²) < 4.78 is 6.89. The van der Waals surface area contributed by atoms with E-state index in [2.05, 4.69) is 30.6 Å². The second-order valence-corrected chi connectivity index (χ2v) is 6.35. The van der Waals surface area contributed by atoms with E-state index in [1.807, 2.05) is 20.8 Å². The molecule has 10 nitrogen and oxygen atoms in total. The van der Waals surface area contributed by atoms with Crippen LogP contribution in [-0.2, 0) is 10.3 Å². The highest BCUT2D eigenvalue weighted by atomic mass is 16.5. The zero-order valence-electron chi connectivity index (χ0n) is 14.5. The maximum absolute atomic E-state index is 12.7. The van der Waals surface area contributed by atoms with Gasteiger partial charge in [-0.2, -0.15) is 10.2 Å². The monoisotopic (exact) mass is 344 g/mol. The number of H-pyrrole nitrogens is 1. The Bertz CT molecular complexity index is 927. The third-order valence-electron chi connectivity index (χ3n) is 3.73. The number of nitrogens with zero attached hydrogens (tertiary/aromatic N) is 5. The number of carbonyl (C=O) groups excluding carboxylic acids is 1. The van der Waals surface area contributed by atoms with Crippen LogP contribution in [0.1, 0.15) is 30.0 Å². The minimum atomic E-state index is -0.532. The van der Waals surface area contributed by atoms with Crippen LogP contribution >= 0.6 is 0 Å². The summed E-state index contributed by atoms with van der Waals surface area (Å²) >= 11 is 0. The molecule has 4 N–H and O–H groups in total. The first-order chi connectivity index (χ1) is 11.8. The molecule has 3 aromatic rings. The molecule has 0 atom stereocenters. The Labute approximate surface area is 143 Å². The highest BCUT2D eigenvalue weighted by molar-refractivity contribution is 6.12. The molecule has 25 heavy (non-hydrogen) atoms. The summed E-state index contributed by atoms with van der Waals surface area (Å²) in [7, 11) is 1.60. The molecular formula is C15H20N8O2. The van der Waals surface area contributed by atoms with Crippen molar-refractivity contribution >= 4 is 28.6 Å². The van der Waals surface area contributed by atoms with Crippen LogP contribution in [0.15, 0.2) is 12.4 Å². The first-order valence-corrected chi connectivity index (χ1v) is 7.65. The van der Waals surface area contributed by atoms with Gasteiger partial charge in [0.15, 0.2) is 17.2 Å². The molecular weight excluding hydrogens is 324 g/mol. The fraction of sp³-hybridized carbons (Fsp3) is 0.400. The minimum absolute atomic E-state index is 0.137. The normalized spacial score (nSPS) is 11.8. The number of fused-ring (bicyclic) bond motifs is 1. The number of anilines is 2. The molecule has 0 aliphatic carbocycles. The number of rotatable bonds is 5. The second-order valence-electron chi connectivity index (χ2n) is 6.35. The predicted molar refractivity (Wildman–Crippen MR) is 92.2 cm³/mol. The number of methoxy groups -OCH3 is 1. The van der Waals surface area contributed by atoms with Gasteiger partial charge >= 0.3 is 0 Å². The van der Waals surface area contributed by atoms with Crippen molar-refractivity contribution in [1.82, 2.24) is 29.9 Å². The van der Waals surface area contributed by atoms with Gasteiger partial charge in [-0.1, -0.05) is 0 Å². The van der Waals surface area contributed by atoms with E-state index in [4.69, 9.17) is 10.5 Å². The lowest BCUT2D eigenvalue weighted by atomic mass is 10.1. The first kappa shape index (κ1) is 16.8. The first-order valence-electron chi connectivity index (χ1n) is 7.65. The molecule has 3 rings (SSSR count). The summed E-state index contributed by atoms with van der Waals surface area (Å²) in [6, 6.07) is 1.71. The Morgan fingerprint density at radius 3 is 2.84 bits per heavy atom. The van der Waals surface area contributed by atoms with Gasteiger partial charge in [-0.25, -0.2) is 14.6 Å². The summed E-state index contributed by atoms with van der Waals surface area (Å²) in [6.07, 6.45) is 1.34. The largest absolute Gasteiger partial charge is 0.383 e. The number of hydrogen-bond donors (Lipinski definition) is 3. The lowest BCUT2D eigenvalue weighted by Gasteiger charge is -2.24. The zero-order valence-corrected chi connectivity index (χ0v) is 14.5. The number of aromatic nitrogens is 6. The molecule has 0 radical (unpaired) electrons. The number of ether oxygens (including phenoxy) is 1. The van der Waals surface area contributed by atoms with Crippen LogP contribution in [0, 0.1) is 6.92 Å². The molecule has 0 aliphatic rings. The topological polar surface area (TPSA) is 137 Å².